The predicted octanol–water partition coefficient (Wildman–Crippen LogP) is 2.56. The van der Waals surface area contributed by atoms with Crippen molar-refractivity contribution in [2.75, 3.05) is 5.32 Å². The van der Waals surface area contributed by atoms with Gasteiger partial charge in [-0.05, 0) is 18.3 Å². The summed E-state index contributed by atoms with van der Waals surface area (Å²) in [6.07, 6.45) is 6.16. The molecule has 1 heterocycles. The molecular weight excluding hydrogens is 202 g/mol. The first-order valence-corrected chi connectivity index (χ1v) is 5.90. The SMILES string of the molecule is CC1(C)CCCCC1C(=O)Nc1ccn[nH]1. The zero-order valence-electron chi connectivity index (χ0n) is 9.92. The summed E-state index contributed by atoms with van der Waals surface area (Å²) in [6, 6.07) is 1.77. The number of anilines is 1. The Morgan fingerprint density at radius 2 is 2.38 bits per heavy atom. The minimum absolute atomic E-state index is 0.113. The quantitative estimate of drug-likeness (QED) is 0.806. The van der Waals surface area contributed by atoms with E-state index in [1.807, 2.05) is 0 Å². The van der Waals surface area contributed by atoms with Crippen molar-refractivity contribution >= 4 is 11.7 Å². The summed E-state index contributed by atoms with van der Waals surface area (Å²) in [5.41, 5.74) is 0.113. The number of amides is 1. The summed E-state index contributed by atoms with van der Waals surface area (Å²) >= 11 is 0. The number of H-pyrrole nitrogens is 1. The molecule has 0 saturated heterocycles. The van der Waals surface area contributed by atoms with E-state index in [9.17, 15) is 4.79 Å². The second-order valence-electron chi connectivity index (χ2n) is 5.25. The lowest BCUT2D eigenvalue weighted by Crippen LogP contribution is -2.37. The molecule has 1 aliphatic carbocycles. The van der Waals surface area contributed by atoms with Gasteiger partial charge >= 0.3 is 0 Å². The second kappa shape index (κ2) is 4.28. The number of hydrogen-bond donors (Lipinski definition) is 2. The van der Waals surface area contributed by atoms with Gasteiger partial charge in [-0.25, -0.2) is 0 Å². The molecule has 2 N–H and O–H groups in total. The van der Waals surface area contributed by atoms with Crippen molar-refractivity contribution in [2.45, 2.75) is 39.5 Å². The molecule has 1 unspecified atom stereocenters. The van der Waals surface area contributed by atoms with Crippen molar-refractivity contribution in [3.05, 3.63) is 12.3 Å². The molecular formula is C12H19N3O. The maximum absolute atomic E-state index is 12.1. The van der Waals surface area contributed by atoms with Crippen LogP contribution >= 0.6 is 0 Å². The van der Waals surface area contributed by atoms with Crippen LogP contribution in [-0.4, -0.2) is 16.1 Å². The second-order valence-corrected chi connectivity index (χ2v) is 5.25. The van der Waals surface area contributed by atoms with Gasteiger partial charge in [-0.1, -0.05) is 26.7 Å². The summed E-state index contributed by atoms with van der Waals surface area (Å²) < 4.78 is 0. The fourth-order valence-corrected chi connectivity index (χ4v) is 2.53. The van der Waals surface area contributed by atoms with E-state index in [0.717, 1.165) is 19.3 Å². The zero-order valence-corrected chi connectivity index (χ0v) is 9.92. The molecule has 1 aromatic heterocycles. The van der Waals surface area contributed by atoms with Gasteiger partial charge < -0.3 is 5.32 Å². The van der Waals surface area contributed by atoms with Crippen LogP contribution in [0.25, 0.3) is 0 Å². The van der Waals surface area contributed by atoms with Gasteiger partial charge in [0.2, 0.25) is 5.91 Å². The first kappa shape index (κ1) is 11.2. The van der Waals surface area contributed by atoms with Crippen LogP contribution in [0.15, 0.2) is 12.3 Å². The third kappa shape index (κ3) is 2.26. The maximum atomic E-state index is 12.1. The number of nitrogens with zero attached hydrogens (tertiary/aromatic N) is 1. The van der Waals surface area contributed by atoms with E-state index in [4.69, 9.17) is 0 Å². The molecule has 4 nitrogen and oxygen atoms in total. The van der Waals surface area contributed by atoms with Crippen molar-refractivity contribution in [2.24, 2.45) is 11.3 Å². The van der Waals surface area contributed by atoms with Gasteiger partial charge in [0.1, 0.15) is 5.82 Å². The van der Waals surface area contributed by atoms with Crippen molar-refractivity contribution in [1.29, 1.82) is 0 Å². The molecule has 0 aliphatic heterocycles. The molecule has 0 spiro atoms. The topological polar surface area (TPSA) is 57.8 Å². The molecule has 1 saturated carbocycles. The van der Waals surface area contributed by atoms with E-state index in [0.29, 0.717) is 5.82 Å². The molecule has 0 aromatic carbocycles. The van der Waals surface area contributed by atoms with E-state index >= 15 is 0 Å². The highest BCUT2D eigenvalue weighted by Gasteiger charge is 2.37. The number of rotatable bonds is 2. The molecule has 1 fully saturated rings. The summed E-state index contributed by atoms with van der Waals surface area (Å²) in [6.45, 7) is 4.37. The number of carbonyl (C=O) groups excluding carboxylic acids is 1. The van der Waals surface area contributed by atoms with Gasteiger partial charge in [0.25, 0.3) is 0 Å². The predicted molar refractivity (Wildman–Crippen MR) is 63.0 cm³/mol. The average molecular weight is 221 g/mol. The molecule has 1 atom stereocenters. The van der Waals surface area contributed by atoms with Gasteiger partial charge in [0, 0.05) is 12.0 Å². The van der Waals surface area contributed by atoms with Crippen LogP contribution in [-0.2, 0) is 4.79 Å². The van der Waals surface area contributed by atoms with Crippen LogP contribution in [0.1, 0.15) is 39.5 Å². The van der Waals surface area contributed by atoms with E-state index < -0.39 is 0 Å². The Bertz CT molecular complexity index is 356. The highest BCUT2D eigenvalue weighted by atomic mass is 16.2. The van der Waals surface area contributed by atoms with Crippen LogP contribution in [0.3, 0.4) is 0 Å². The highest BCUT2D eigenvalue weighted by molar-refractivity contribution is 5.92. The minimum atomic E-state index is 0.113. The molecule has 1 aliphatic rings. The first-order chi connectivity index (χ1) is 7.59. The van der Waals surface area contributed by atoms with Gasteiger partial charge in [0.05, 0.1) is 6.20 Å². The molecule has 2 rings (SSSR count). The van der Waals surface area contributed by atoms with Crippen LogP contribution in [0, 0.1) is 11.3 Å². The molecule has 1 amide bonds. The standard InChI is InChI=1S/C12H19N3O/c1-12(2)7-4-3-5-9(12)11(16)14-10-6-8-13-15-10/h6,8-9H,3-5,7H2,1-2H3,(H2,13,14,15,16). The Labute approximate surface area is 95.8 Å². The van der Waals surface area contributed by atoms with Crippen LogP contribution in [0.2, 0.25) is 0 Å². The normalized spacial score (nSPS) is 24.0. The Morgan fingerprint density at radius 1 is 1.56 bits per heavy atom. The van der Waals surface area contributed by atoms with Crippen molar-refractivity contribution in [3.63, 3.8) is 0 Å². The van der Waals surface area contributed by atoms with Crippen molar-refractivity contribution in [1.82, 2.24) is 10.2 Å². The van der Waals surface area contributed by atoms with Gasteiger partial charge in [-0.3, -0.25) is 9.89 Å². The van der Waals surface area contributed by atoms with Crippen LogP contribution < -0.4 is 5.32 Å². The minimum Gasteiger partial charge on any atom is -0.311 e. The maximum Gasteiger partial charge on any atom is 0.229 e. The average Bonchev–Trinajstić information content (AvgIpc) is 2.69. The molecule has 4 heteroatoms. The number of aromatic nitrogens is 2. The Hall–Kier alpha value is -1.32. The van der Waals surface area contributed by atoms with Gasteiger partial charge in [-0.2, -0.15) is 5.10 Å². The lowest BCUT2D eigenvalue weighted by molar-refractivity contribution is -0.124. The monoisotopic (exact) mass is 221 g/mol. The number of aromatic amines is 1. The third-order valence-corrected chi connectivity index (χ3v) is 3.58. The third-order valence-electron chi connectivity index (χ3n) is 3.58. The zero-order chi connectivity index (χ0) is 11.6. The number of carbonyl (C=O) groups is 1. The van der Waals surface area contributed by atoms with Crippen LogP contribution in [0.5, 0.6) is 0 Å². The fourth-order valence-electron chi connectivity index (χ4n) is 2.53. The number of hydrogen-bond acceptors (Lipinski definition) is 2. The lowest BCUT2D eigenvalue weighted by Gasteiger charge is -2.37. The summed E-state index contributed by atoms with van der Waals surface area (Å²) in [4.78, 5) is 12.1. The fraction of sp³-hybridized carbons (Fsp3) is 0.667. The van der Waals surface area contributed by atoms with E-state index in [1.54, 1.807) is 12.3 Å². The molecule has 1 aromatic rings. The van der Waals surface area contributed by atoms with E-state index in [-0.39, 0.29) is 17.2 Å². The number of nitrogens with one attached hydrogen (secondary N) is 2. The van der Waals surface area contributed by atoms with E-state index in [2.05, 4.69) is 29.4 Å². The largest absolute Gasteiger partial charge is 0.311 e. The van der Waals surface area contributed by atoms with Gasteiger partial charge in [0.15, 0.2) is 0 Å². The molecule has 88 valence electrons. The molecule has 16 heavy (non-hydrogen) atoms. The van der Waals surface area contributed by atoms with Crippen LogP contribution in [0.4, 0.5) is 5.82 Å². The lowest BCUT2D eigenvalue weighted by atomic mass is 9.68. The van der Waals surface area contributed by atoms with E-state index in [1.165, 1.54) is 6.42 Å². The molecule has 0 radical (unpaired) electrons. The Kier molecular flexibility index (Phi) is 2.99. The van der Waals surface area contributed by atoms with Crippen molar-refractivity contribution < 1.29 is 4.79 Å². The molecule has 0 bridgehead atoms. The Balaban J connectivity index is 2.03. The van der Waals surface area contributed by atoms with Crippen molar-refractivity contribution in [3.8, 4) is 0 Å². The summed E-state index contributed by atoms with van der Waals surface area (Å²) in [5.74, 6) is 0.921. The summed E-state index contributed by atoms with van der Waals surface area (Å²) in [5, 5.41) is 9.46. The highest BCUT2D eigenvalue weighted by Crippen LogP contribution is 2.40. The Morgan fingerprint density at radius 3 is 3.00 bits per heavy atom. The van der Waals surface area contributed by atoms with Gasteiger partial charge in [-0.15, -0.1) is 0 Å². The summed E-state index contributed by atoms with van der Waals surface area (Å²) in [7, 11) is 0. The smallest absolute Gasteiger partial charge is 0.229 e. The first-order valence-electron chi connectivity index (χ1n) is 5.90.